The third-order valence-electron chi connectivity index (χ3n) is 16.9. The average Bonchev–Trinajstić information content (AvgIpc) is 3.59. The van der Waals surface area contributed by atoms with E-state index in [9.17, 15) is 33.8 Å². The van der Waals surface area contributed by atoms with Gasteiger partial charge in [-0.2, -0.15) is 0 Å². The molecule has 11 rings (SSSR count). The molecule has 3 amide bonds. The molecule has 3 aromatic heterocycles. The Balaban J connectivity index is 0.772. The fraction of sp³-hybridized carbons (Fsp3) is 0.474. The minimum absolute atomic E-state index is 0.00345. The quantitative estimate of drug-likeness (QED) is 0.0537. The first-order valence-electron chi connectivity index (χ1n) is 28.5. The summed E-state index contributed by atoms with van der Waals surface area (Å²) in [4.78, 5) is 84.5. The predicted octanol–water partition coefficient (Wildman–Crippen LogP) is 7.44. The van der Waals surface area contributed by atoms with Crippen molar-refractivity contribution in [2.45, 2.75) is 122 Å². The zero-order chi connectivity index (χ0) is 57.3. The van der Waals surface area contributed by atoms with Crippen molar-refractivity contribution in [2.75, 3.05) is 71.6 Å². The van der Waals surface area contributed by atoms with E-state index in [0.29, 0.717) is 91.7 Å². The molecule has 7 heterocycles. The standard InChI is InChI=1S/C57H70N11O9P/c1-7-50(70)61-44-28-37(60-51-53(76-6)59-31-45(62-51)40-15-20-58-52(43(40)34-69)67-26-25-66-48(55(67)72)27-36-29-56(3,4)30-49(36)66)11-12-47(44)65-24-23-64(32-35(65)2)38-16-21-63(22-17-38)46-10-8-9-41-42(46)33-68(54(41)71)39-13-18-57(5,19-14-39)77-78(73,74)75/h7-12,15,20,27-28,31,35,38-39,69H,1,13-14,16-19,21-26,29-30,32-34H2,2-6H3,(H,60,62)(H,61,70)(H2,73,74,75)/t35-,39?,57?/m0/s1/i6D3. The molecule has 2 saturated heterocycles. The summed E-state index contributed by atoms with van der Waals surface area (Å²) in [6.07, 6.45) is 9.81. The molecule has 20 nitrogen and oxygen atoms in total. The van der Waals surface area contributed by atoms with Crippen LogP contribution in [0.3, 0.4) is 0 Å². The Kier molecular flexibility index (Phi) is 13.3. The monoisotopic (exact) mass is 1090 g/mol. The van der Waals surface area contributed by atoms with Gasteiger partial charge in [0.15, 0.2) is 5.82 Å². The maximum atomic E-state index is 14.1. The first-order chi connectivity index (χ1) is 38.5. The van der Waals surface area contributed by atoms with Gasteiger partial charge in [-0.1, -0.05) is 26.5 Å². The molecule has 6 aliphatic rings. The molecule has 3 fully saturated rings. The van der Waals surface area contributed by atoms with Crippen molar-refractivity contribution in [3.63, 3.8) is 0 Å². The molecule has 412 valence electrons. The van der Waals surface area contributed by atoms with Crippen LogP contribution < -0.4 is 30.1 Å². The fourth-order valence-corrected chi connectivity index (χ4v) is 13.9. The van der Waals surface area contributed by atoms with Gasteiger partial charge >= 0.3 is 7.82 Å². The number of hydrogen-bond donors (Lipinski definition) is 5. The number of pyridine rings is 1. The van der Waals surface area contributed by atoms with Gasteiger partial charge < -0.3 is 49.5 Å². The van der Waals surface area contributed by atoms with Crippen molar-refractivity contribution in [1.82, 2.24) is 29.3 Å². The van der Waals surface area contributed by atoms with Crippen LogP contribution in [0.1, 0.15) is 114 Å². The summed E-state index contributed by atoms with van der Waals surface area (Å²) in [5.41, 5.74) is 7.68. The summed E-state index contributed by atoms with van der Waals surface area (Å²) in [7, 11) is -7.53. The van der Waals surface area contributed by atoms with Crippen LogP contribution in [0.4, 0.5) is 34.4 Å². The van der Waals surface area contributed by atoms with Crippen LogP contribution in [0, 0.1) is 5.41 Å². The van der Waals surface area contributed by atoms with Gasteiger partial charge in [-0.15, -0.1) is 0 Å². The number of carbonyl (C=O) groups is 3. The van der Waals surface area contributed by atoms with E-state index in [2.05, 4.69) is 73.3 Å². The number of aliphatic hydroxyl groups excluding tert-OH is 1. The van der Waals surface area contributed by atoms with Gasteiger partial charge in [0.05, 0.1) is 46.6 Å². The minimum Gasteiger partial charge on any atom is -0.478 e. The first-order valence-corrected chi connectivity index (χ1v) is 28.5. The highest BCUT2D eigenvalue weighted by Gasteiger charge is 2.43. The number of ether oxygens (including phenoxy) is 1. The number of fused-ring (bicyclic) bond motifs is 4. The Morgan fingerprint density at radius 1 is 0.923 bits per heavy atom. The van der Waals surface area contributed by atoms with Gasteiger partial charge in [0.1, 0.15) is 11.5 Å². The topological polar surface area (TPSA) is 231 Å². The van der Waals surface area contributed by atoms with E-state index in [0.717, 1.165) is 68.8 Å². The van der Waals surface area contributed by atoms with Gasteiger partial charge in [-0.3, -0.25) is 28.7 Å². The molecule has 1 saturated carbocycles. The Morgan fingerprint density at radius 2 is 1.72 bits per heavy atom. The molecular weight excluding hydrogens is 1010 g/mol. The van der Waals surface area contributed by atoms with Crippen LogP contribution in [-0.2, 0) is 46.4 Å². The fourth-order valence-electron chi connectivity index (χ4n) is 13.2. The second-order valence-electron chi connectivity index (χ2n) is 22.8. The number of carbonyl (C=O) groups excluding carboxylic acids is 3. The third-order valence-corrected chi connectivity index (χ3v) is 17.6. The first kappa shape index (κ1) is 49.6. The van der Waals surface area contributed by atoms with Gasteiger partial charge in [-0.25, -0.2) is 19.5 Å². The minimum atomic E-state index is -4.64. The van der Waals surface area contributed by atoms with E-state index in [1.165, 1.54) is 29.7 Å². The van der Waals surface area contributed by atoms with E-state index >= 15 is 0 Å². The van der Waals surface area contributed by atoms with Crippen molar-refractivity contribution >= 4 is 59.9 Å². The lowest BCUT2D eigenvalue weighted by molar-refractivity contribution is -0.111. The lowest BCUT2D eigenvalue weighted by atomic mass is 9.83. The lowest BCUT2D eigenvalue weighted by Crippen LogP contribution is -2.57. The van der Waals surface area contributed by atoms with Crippen molar-refractivity contribution in [3.05, 3.63) is 107 Å². The number of anilines is 6. The Bertz CT molecular complexity index is 3350. The lowest BCUT2D eigenvalue weighted by Gasteiger charge is -2.47. The molecule has 5 aromatic rings. The number of nitrogens with one attached hydrogen (secondary N) is 2. The summed E-state index contributed by atoms with van der Waals surface area (Å²) in [6.45, 7) is 16.8. The van der Waals surface area contributed by atoms with Gasteiger partial charge in [0.2, 0.25) is 5.91 Å². The normalized spacial score (nSPS) is 23.3. The van der Waals surface area contributed by atoms with E-state index < -0.39 is 33.0 Å². The smallest absolute Gasteiger partial charge is 0.470 e. The molecule has 4 aliphatic heterocycles. The Labute approximate surface area is 458 Å². The zero-order valence-electron chi connectivity index (χ0n) is 47.6. The third kappa shape index (κ3) is 10.3. The predicted molar refractivity (Wildman–Crippen MR) is 297 cm³/mol. The van der Waals surface area contributed by atoms with E-state index in [1.54, 1.807) is 24.0 Å². The second kappa shape index (κ2) is 20.9. The number of benzene rings is 2. The van der Waals surface area contributed by atoms with E-state index in [1.807, 2.05) is 35.2 Å². The average molecular weight is 1090 g/mol. The van der Waals surface area contributed by atoms with Crippen LogP contribution in [0.2, 0.25) is 0 Å². The van der Waals surface area contributed by atoms with E-state index in [4.69, 9.17) is 18.4 Å². The number of piperidine rings is 1. The second-order valence-corrected chi connectivity index (χ2v) is 23.9. The Morgan fingerprint density at radius 3 is 2.45 bits per heavy atom. The molecule has 2 aromatic carbocycles. The summed E-state index contributed by atoms with van der Waals surface area (Å²) < 4.78 is 48.1. The summed E-state index contributed by atoms with van der Waals surface area (Å²) >= 11 is 0. The molecule has 0 radical (unpaired) electrons. The number of hydrogen-bond acceptors (Lipinski definition) is 14. The molecule has 21 heteroatoms. The zero-order valence-corrected chi connectivity index (χ0v) is 45.5. The number of aromatic nitrogens is 4. The van der Waals surface area contributed by atoms with Crippen LogP contribution in [-0.4, -0.2) is 132 Å². The summed E-state index contributed by atoms with van der Waals surface area (Å²) in [5.74, 6) is -0.721. The number of aliphatic hydroxyl groups is 1. The van der Waals surface area contributed by atoms with E-state index in [-0.39, 0.29) is 52.5 Å². The van der Waals surface area contributed by atoms with Gasteiger partial charge in [-0.05, 0) is 125 Å². The van der Waals surface area contributed by atoms with Gasteiger partial charge in [0, 0.05) is 116 Å². The van der Waals surface area contributed by atoms with Crippen LogP contribution >= 0.6 is 7.82 Å². The number of piperazine rings is 1. The van der Waals surface area contributed by atoms with Gasteiger partial charge in [0.25, 0.3) is 17.7 Å². The Hall–Kier alpha value is -6.67. The largest absolute Gasteiger partial charge is 0.478 e. The van der Waals surface area contributed by atoms with Crippen molar-refractivity contribution in [2.24, 2.45) is 5.41 Å². The van der Waals surface area contributed by atoms with Crippen LogP contribution in [0.15, 0.2) is 73.6 Å². The maximum absolute atomic E-state index is 14.1. The molecule has 0 spiro atoms. The van der Waals surface area contributed by atoms with Crippen LogP contribution in [0.5, 0.6) is 5.88 Å². The number of phosphoric ester groups is 1. The highest BCUT2D eigenvalue weighted by Crippen LogP contribution is 2.48. The maximum Gasteiger partial charge on any atom is 0.470 e. The van der Waals surface area contributed by atoms with Crippen molar-refractivity contribution in [3.8, 4) is 17.1 Å². The highest BCUT2D eigenvalue weighted by molar-refractivity contribution is 7.46. The highest BCUT2D eigenvalue weighted by atomic mass is 31.2. The molecule has 0 bridgehead atoms. The molecule has 78 heavy (non-hydrogen) atoms. The molecule has 1 atom stereocenters. The van der Waals surface area contributed by atoms with Crippen molar-refractivity contribution < 1.29 is 47.2 Å². The number of rotatable bonds is 14. The number of methoxy groups -OCH3 is 1. The SMILES string of the molecule is [2H]C([2H])([2H])Oc1ncc(-c2ccnc(N3CCn4c(cc5c4CC(C)(C)C5)C3=O)c2CO)nc1Nc1ccc(N2CCN(C3CCN(c4cccc5c4CN(C4CCC(C)(OP(=O)(O)O)CC4)C5=O)CC3)C[C@@H]2C)c(NC(=O)C=C)c1. The molecule has 2 aliphatic carbocycles. The number of phosphoric acid groups is 1. The number of nitrogens with zero attached hydrogens (tertiary/aromatic N) is 9. The molecule has 0 unspecified atom stereocenters. The summed E-state index contributed by atoms with van der Waals surface area (Å²) in [6, 6.07) is 15.4. The molecular formula is C57H70N11O9P. The number of amides is 3. The molecule has 5 N–H and O–H groups in total. The van der Waals surface area contributed by atoms with Crippen molar-refractivity contribution in [1.29, 1.82) is 0 Å². The van der Waals surface area contributed by atoms with Crippen LogP contribution in [0.25, 0.3) is 11.3 Å². The summed E-state index contributed by atoms with van der Waals surface area (Å²) in [5, 5.41) is 17.1.